The van der Waals surface area contributed by atoms with Crippen LogP contribution < -0.4 is 10.4 Å². The van der Waals surface area contributed by atoms with Crippen LogP contribution in [0.4, 0.5) is 0 Å². The number of hydrogen-bond acceptors (Lipinski definition) is 0. The molecule has 0 N–H and O–H groups in total. The third-order valence-corrected chi connectivity index (χ3v) is 82.8. The summed E-state index contributed by atoms with van der Waals surface area (Å²) in [6.45, 7) is 53.9. The molecule has 0 bridgehead atoms. The Balaban J connectivity index is 3.46. The molecule has 2 rings (SSSR count). The van der Waals surface area contributed by atoms with E-state index in [0.717, 1.165) is 0 Å². The summed E-state index contributed by atoms with van der Waals surface area (Å²) in [6, 6.07) is 10.0. The molecule has 1 heterocycles. The van der Waals surface area contributed by atoms with E-state index < -0.39 is 29.4 Å². The Morgan fingerprint density at radius 3 is 0.694 bits per heavy atom. The minimum absolute atomic E-state index is 0.320. The fraction of sp³-hybridized carbons (Fsp3) is 0.812. The van der Waals surface area contributed by atoms with E-state index in [4.69, 9.17) is 0 Å². The smallest absolute Gasteiger partial charge is 0.0689 e. The summed E-state index contributed by atoms with van der Waals surface area (Å²) in [4.78, 5) is 0. The Hall–Kier alpha value is 0.0875. The summed E-state index contributed by atoms with van der Waals surface area (Å²) in [5.41, 5.74) is 0. The lowest BCUT2D eigenvalue weighted by atomic mass is 10.2. The molecule has 0 saturated carbocycles. The summed E-state index contributed by atoms with van der Waals surface area (Å²) < 4.78 is 0. The van der Waals surface area contributed by atoms with Gasteiger partial charge in [-0.05, 0) is 30.2 Å². The van der Waals surface area contributed by atoms with Crippen molar-refractivity contribution in [2.75, 3.05) is 0 Å². The molecule has 0 radical (unpaired) electrons. The molecule has 4 heteroatoms. The van der Waals surface area contributed by atoms with Crippen molar-refractivity contribution >= 4 is 39.8 Å². The molecule has 1 aromatic carbocycles. The van der Waals surface area contributed by atoms with E-state index in [1.807, 2.05) is 10.4 Å². The monoisotopic (exact) mass is 560 g/mol. The Morgan fingerprint density at radius 2 is 0.556 bits per heavy atom. The largest absolute Gasteiger partial charge is 0.0760 e. The van der Waals surface area contributed by atoms with Crippen molar-refractivity contribution in [3.63, 3.8) is 0 Å². The zero-order chi connectivity index (χ0) is 29.0. The van der Waals surface area contributed by atoms with Gasteiger partial charge in [0.25, 0.3) is 0 Å². The van der Waals surface area contributed by atoms with Crippen molar-refractivity contribution in [2.45, 2.75) is 168 Å². The van der Waals surface area contributed by atoms with Crippen LogP contribution in [0.25, 0.3) is 0 Å². The van der Waals surface area contributed by atoms with Crippen LogP contribution in [-0.2, 0) is 0 Å². The second-order valence-corrected chi connectivity index (χ2v) is 55.9. The minimum atomic E-state index is -2.04. The van der Waals surface area contributed by atoms with E-state index >= 15 is 0 Å². The van der Waals surface area contributed by atoms with Crippen LogP contribution in [0.3, 0.4) is 0 Å². The second-order valence-electron chi connectivity index (χ2n) is 18.8. The number of rotatable bonds is 2. The van der Waals surface area contributed by atoms with Gasteiger partial charge >= 0.3 is 0 Å². The molecular weight excluding hydrogens is 497 g/mol. The van der Waals surface area contributed by atoms with Gasteiger partial charge in [-0.1, -0.05) is 172 Å². The summed E-state index contributed by atoms with van der Waals surface area (Å²) in [7, 11) is -8.04. The van der Waals surface area contributed by atoms with Crippen molar-refractivity contribution in [3.8, 4) is 0 Å². The molecule has 1 aliphatic rings. The van der Waals surface area contributed by atoms with Crippen molar-refractivity contribution in [2.24, 2.45) is 0 Å². The first kappa shape index (κ1) is 32.3. The second kappa shape index (κ2) is 8.30. The van der Waals surface area contributed by atoms with E-state index in [-0.39, 0.29) is 0 Å². The molecule has 1 aliphatic heterocycles. The molecule has 0 saturated heterocycles. The van der Waals surface area contributed by atoms with Gasteiger partial charge in [0.15, 0.2) is 0 Å². The van der Waals surface area contributed by atoms with E-state index in [9.17, 15) is 0 Å². The van der Waals surface area contributed by atoms with E-state index in [2.05, 4.69) is 162 Å². The highest BCUT2D eigenvalue weighted by molar-refractivity contribution is 7.94. The molecule has 0 spiro atoms. The summed E-state index contributed by atoms with van der Waals surface area (Å²) in [5.74, 6) is 0. The molecule has 0 aromatic heterocycles. The van der Waals surface area contributed by atoms with Crippen molar-refractivity contribution in [3.05, 3.63) is 24.3 Å². The highest BCUT2D eigenvalue weighted by atomic mass is 29.8. The molecule has 0 nitrogen and oxygen atoms in total. The molecule has 2 atom stereocenters. The first-order chi connectivity index (χ1) is 15.5. The molecule has 36 heavy (non-hydrogen) atoms. The summed E-state index contributed by atoms with van der Waals surface area (Å²) in [6.07, 6.45) is 0. The van der Waals surface area contributed by atoms with Gasteiger partial charge in [-0.25, -0.2) is 0 Å². The van der Waals surface area contributed by atoms with Gasteiger partial charge in [0.05, 0.1) is 29.4 Å². The lowest BCUT2D eigenvalue weighted by molar-refractivity contribution is 0.549. The highest BCUT2D eigenvalue weighted by Gasteiger charge is 2.86. The van der Waals surface area contributed by atoms with Gasteiger partial charge in [0.1, 0.15) is 0 Å². The Bertz CT molecular complexity index is 827. The van der Waals surface area contributed by atoms with Crippen LogP contribution in [0.1, 0.15) is 125 Å². The fourth-order valence-corrected chi connectivity index (χ4v) is 130. The fourth-order valence-electron chi connectivity index (χ4n) is 14.2. The molecule has 1 aromatic rings. The molecule has 0 unspecified atom stereocenters. The molecule has 0 amide bonds. The maximum atomic E-state index is 2.99. The average Bonchev–Trinajstić information content (AvgIpc) is 2.54. The van der Waals surface area contributed by atoms with Crippen molar-refractivity contribution in [1.29, 1.82) is 0 Å². The zero-order valence-electron chi connectivity index (χ0n) is 28.3. The van der Waals surface area contributed by atoms with Crippen molar-refractivity contribution in [1.82, 2.24) is 0 Å². The van der Waals surface area contributed by atoms with Crippen molar-refractivity contribution < 1.29 is 0 Å². The van der Waals surface area contributed by atoms with Gasteiger partial charge < -0.3 is 0 Å². The summed E-state index contributed by atoms with van der Waals surface area (Å²) in [5, 5.41) is 5.67. The molecule has 208 valence electrons. The maximum Gasteiger partial charge on any atom is 0.0760 e. The van der Waals surface area contributed by atoms with E-state index in [1.165, 1.54) is 0 Å². The van der Waals surface area contributed by atoms with Crippen LogP contribution in [0, 0.1) is 0 Å². The SMILES string of the molecule is CC(C)(C)[Si](C(C)(C)C)(C(C)(C)C)[Si@@]1(C)c2ccccc2[Si@]1(C)[Si](C(C)(C)C)(C(C)(C)C)C(C)(C)C. The van der Waals surface area contributed by atoms with Gasteiger partial charge in [-0.2, -0.15) is 0 Å². The topological polar surface area (TPSA) is 0 Å². The van der Waals surface area contributed by atoms with Gasteiger partial charge in [0.2, 0.25) is 0 Å². The first-order valence-corrected chi connectivity index (χ1v) is 26.6. The van der Waals surface area contributed by atoms with Crippen LogP contribution in [0.15, 0.2) is 24.3 Å². The Labute approximate surface area is 231 Å². The van der Waals surface area contributed by atoms with Gasteiger partial charge in [-0.3, -0.25) is 0 Å². The summed E-state index contributed by atoms with van der Waals surface area (Å²) >= 11 is 0. The number of fused-ring (bicyclic) bond motifs is 1. The van der Waals surface area contributed by atoms with Crippen LogP contribution in [-0.4, -0.2) is 29.4 Å². The minimum Gasteiger partial charge on any atom is -0.0689 e. The molecule has 0 fully saturated rings. The van der Waals surface area contributed by atoms with Gasteiger partial charge in [0, 0.05) is 0 Å². The quantitative estimate of drug-likeness (QED) is 0.316. The van der Waals surface area contributed by atoms with Crippen LogP contribution in [0.2, 0.25) is 43.3 Å². The lowest BCUT2D eigenvalue weighted by Gasteiger charge is -2.81. The van der Waals surface area contributed by atoms with E-state index in [0.29, 0.717) is 30.2 Å². The molecule has 0 aliphatic carbocycles. The normalized spacial score (nSPS) is 24.9. The standard InChI is InChI=1S/C32H64Si4/c1-27(2,3)35(28(4,5)6,29(7,8)9)33(19)25-23-21-22-24-26(25)34(33,20)36(30(10,11)12,31(13,14)15)32(16,17)18/h21-24H,1-20H3/t33-,34-/m0/s1. The van der Waals surface area contributed by atoms with Crippen LogP contribution in [0.5, 0.6) is 0 Å². The predicted molar refractivity (Wildman–Crippen MR) is 179 cm³/mol. The Morgan fingerprint density at radius 1 is 0.389 bits per heavy atom. The third kappa shape index (κ3) is 3.44. The number of hydrogen-bond donors (Lipinski definition) is 0. The van der Waals surface area contributed by atoms with Crippen LogP contribution >= 0.6 is 0 Å². The molecular formula is C32H64Si4. The number of benzene rings is 1. The van der Waals surface area contributed by atoms with E-state index in [1.54, 1.807) is 0 Å². The Kier molecular flexibility index (Phi) is 7.45. The zero-order valence-corrected chi connectivity index (χ0v) is 32.3. The highest BCUT2D eigenvalue weighted by Crippen LogP contribution is 2.73. The lowest BCUT2D eigenvalue weighted by Crippen LogP contribution is -3.07. The average molecular weight is 561 g/mol. The first-order valence-electron chi connectivity index (χ1n) is 14.6. The van der Waals surface area contributed by atoms with Gasteiger partial charge in [-0.15, -0.1) is 0 Å². The third-order valence-electron chi connectivity index (χ3n) is 11.3. The predicted octanol–water partition coefficient (Wildman–Crippen LogP) is 10.2. The maximum absolute atomic E-state index is 2.99.